The molecule has 2 nitrogen and oxygen atoms in total. The van der Waals surface area contributed by atoms with Gasteiger partial charge in [-0.15, -0.1) is 0 Å². The summed E-state index contributed by atoms with van der Waals surface area (Å²) < 4.78 is 4.95. The molecule has 55 heavy (non-hydrogen) atoms. The highest BCUT2D eigenvalue weighted by atomic mass is 15.0. The molecule has 256 valence electrons. The summed E-state index contributed by atoms with van der Waals surface area (Å²) in [6.45, 7) is 0. The number of para-hydroxylation sites is 2. The molecule has 1 atom stereocenters. The molecule has 1 aliphatic carbocycles. The molecule has 0 amide bonds. The van der Waals surface area contributed by atoms with E-state index < -0.39 is 0 Å². The molecule has 12 rings (SSSR count). The Hall–Kier alpha value is -7.16. The maximum absolute atomic E-state index is 2.51. The summed E-state index contributed by atoms with van der Waals surface area (Å²) in [7, 11) is 0. The summed E-state index contributed by atoms with van der Waals surface area (Å²) in [6.07, 6.45) is 0. The van der Waals surface area contributed by atoms with Gasteiger partial charge in [0.25, 0.3) is 0 Å². The highest BCUT2D eigenvalue weighted by Crippen LogP contribution is 2.52. The topological polar surface area (TPSA) is 9.86 Å². The molecule has 2 heterocycles. The van der Waals surface area contributed by atoms with Gasteiger partial charge >= 0.3 is 0 Å². The highest BCUT2D eigenvalue weighted by molar-refractivity contribution is 6.15. The van der Waals surface area contributed by atoms with E-state index in [1.165, 1.54) is 105 Å². The highest BCUT2D eigenvalue weighted by Gasteiger charge is 2.33. The molecule has 0 bridgehead atoms. The minimum atomic E-state index is 0.142. The van der Waals surface area contributed by atoms with E-state index in [-0.39, 0.29) is 5.92 Å². The van der Waals surface area contributed by atoms with Gasteiger partial charge in [0.15, 0.2) is 0 Å². The lowest BCUT2D eigenvalue weighted by molar-refractivity contribution is 1.01. The van der Waals surface area contributed by atoms with Crippen molar-refractivity contribution >= 4 is 54.4 Å². The number of benzene rings is 9. The zero-order valence-corrected chi connectivity index (χ0v) is 30.0. The van der Waals surface area contributed by atoms with Gasteiger partial charge in [-0.25, -0.2) is 0 Å². The summed E-state index contributed by atoms with van der Waals surface area (Å²) >= 11 is 0. The second-order valence-electron chi connectivity index (χ2n) is 14.8. The van der Waals surface area contributed by atoms with E-state index >= 15 is 0 Å². The van der Waals surface area contributed by atoms with E-state index in [1.54, 1.807) is 0 Å². The van der Waals surface area contributed by atoms with Crippen LogP contribution >= 0.6 is 0 Å². The van der Waals surface area contributed by atoms with Gasteiger partial charge in [0.1, 0.15) is 0 Å². The molecular formula is C53H34N2. The number of hydrogen-bond donors (Lipinski definition) is 0. The van der Waals surface area contributed by atoms with Gasteiger partial charge in [-0.2, -0.15) is 0 Å². The molecule has 0 saturated carbocycles. The van der Waals surface area contributed by atoms with E-state index in [2.05, 4.69) is 209 Å². The largest absolute Gasteiger partial charge is 0.309 e. The molecule has 0 aliphatic heterocycles. The number of nitrogens with zero attached hydrogens (tertiary/aromatic N) is 2. The molecule has 2 heteroatoms. The van der Waals surface area contributed by atoms with Gasteiger partial charge in [-0.1, -0.05) is 152 Å². The van der Waals surface area contributed by atoms with Gasteiger partial charge < -0.3 is 9.13 Å². The average molecular weight is 699 g/mol. The summed E-state index contributed by atoms with van der Waals surface area (Å²) in [5.74, 6) is 0.142. The van der Waals surface area contributed by atoms with E-state index in [0.29, 0.717) is 0 Å². The van der Waals surface area contributed by atoms with E-state index in [4.69, 9.17) is 0 Å². The van der Waals surface area contributed by atoms with Gasteiger partial charge in [0, 0.05) is 38.5 Å². The summed E-state index contributed by atoms with van der Waals surface area (Å²) in [4.78, 5) is 0. The molecule has 9 aromatic carbocycles. The van der Waals surface area contributed by atoms with Crippen LogP contribution in [0.25, 0.3) is 88.0 Å². The molecular weight excluding hydrogens is 665 g/mol. The van der Waals surface area contributed by atoms with Crippen molar-refractivity contribution in [3.8, 4) is 33.6 Å². The van der Waals surface area contributed by atoms with Crippen molar-refractivity contribution in [2.75, 3.05) is 0 Å². The third-order valence-electron chi connectivity index (χ3n) is 12.0. The first-order valence-electron chi connectivity index (χ1n) is 19.1. The molecule has 0 saturated heterocycles. The Morgan fingerprint density at radius 1 is 0.364 bits per heavy atom. The Balaban J connectivity index is 1.11. The van der Waals surface area contributed by atoms with Crippen molar-refractivity contribution in [3.05, 3.63) is 217 Å². The summed E-state index contributed by atoms with van der Waals surface area (Å²) in [5.41, 5.74) is 16.5. The number of rotatable bonds is 4. The summed E-state index contributed by atoms with van der Waals surface area (Å²) in [6, 6.07) is 73.9. The molecule has 1 aliphatic rings. The Kier molecular flexibility index (Phi) is 6.43. The van der Waals surface area contributed by atoms with Crippen LogP contribution in [0.1, 0.15) is 22.6 Å². The standard InChI is InChI=1S/C53H34N2/c1-3-15-35(16-4-1)51-42-23-10-9-21-40(42)43-28-29-44-46-33-37(26-30-49(46)54(53(44)52(43)51)38-18-5-2-6-19-38)36-27-31-50-45(32-36)41-22-11-12-24-48(41)55(50)47-25-13-17-34-14-7-8-20-39(34)47/h1-33,51H. The van der Waals surface area contributed by atoms with Crippen molar-refractivity contribution in [3.63, 3.8) is 0 Å². The van der Waals surface area contributed by atoms with Crippen molar-refractivity contribution in [2.45, 2.75) is 5.92 Å². The third-order valence-corrected chi connectivity index (χ3v) is 12.0. The van der Waals surface area contributed by atoms with Gasteiger partial charge in [-0.05, 0) is 92.9 Å². The van der Waals surface area contributed by atoms with Crippen molar-refractivity contribution in [1.29, 1.82) is 0 Å². The van der Waals surface area contributed by atoms with Crippen molar-refractivity contribution < 1.29 is 0 Å². The molecule has 2 aromatic heterocycles. The van der Waals surface area contributed by atoms with Crippen molar-refractivity contribution in [2.24, 2.45) is 0 Å². The summed E-state index contributed by atoms with van der Waals surface area (Å²) in [5, 5.41) is 7.56. The predicted molar refractivity (Wildman–Crippen MR) is 231 cm³/mol. The van der Waals surface area contributed by atoms with Crippen molar-refractivity contribution in [1.82, 2.24) is 9.13 Å². The molecule has 1 unspecified atom stereocenters. The lowest BCUT2D eigenvalue weighted by Crippen LogP contribution is -2.03. The first-order valence-corrected chi connectivity index (χ1v) is 19.1. The molecule has 0 fully saturated rings. The monoisotopic (exact) mass is 698 g/mol. The first-order chi connectivity index (χ1) is 27.3. The molecule has 0 N–H and O–H groups in total. The van der Waals surface area contributed by atoms with Crippen LogP contribution in [-0.2, 0) is 0 Å². The first kappa shape index (κ1) is 30.3. The van der Waals surface area contributed by atoms with Crippen LogP contribution in [0.5, 0.6) is 0 Å². The number of hydrogen-bond acceptors (Lipinski definition) is 0. The second kappa shape index (κ2) is 11.7. The van der Waals surface area contributed by atoms with Crippen LogP contribution in [0.2, 0.25) is 0 Å². The van der Waals surface area contributed by atoms with Crippen LogP contribution < -0.4 is 0 Å². The zero-order chi connectivity index (χ0) is 36.0. The Labute approximate surface area is 318 Å². The van der Waals surface area contributed by atoms with Crippen LogP contribution in [0, 0.1) is 0 Å². The van der Waals surface area contributed by atoms with E-state index in [0.717, 1.165) is 0 Å². The predicted octanol–water partition coefficient (Wildman–Crippen LogP) is 13.9. The molecule has 0 radical (unpaired) electrons. The van der Waals surface area contributed by atoms with E-state index in [9.17, 15) is 0 Å². The lowest BCUT2D eigenvalue weighted by atomic mass is 9.88. The van der Waals surface area contributed by atoms with Gasteiger partial charge in [0.05, 0.1) is 27.8 Å². The van der Waals surface area contributed by atoms with Crippen LogP contribution in [0.15, 0.2) is 200 Å². The minimum Gasteiger partial charge on any atom is -0.309 e. The van der Waals surface area contributed by atoms with Gasteiger partial charge in [0.2, 0.25) is 0 Å². The fourth-order valence-corrected chi connectivity index (χ4v) is 9.64. The smallest absolute Gasteiger partial charge is 0.0588 e. The Morgan fingerprint density at radius 3 is 1.80 bits per heavy atom. The lowest BCUT2D eigenvalue weighted by Gasteiger charge is -2.18. The Bertz CT molecular complexity index is 3310. The molecule has 11 aromatic rings. The zero-order valence-electron chi connectivity index (χ0n) is 30.0. The fourth-order valence-electron chi connectivity index (χ4n) is 9.64. The number of fused-ring (bicyclic) bond motifs is 11. The van der Waals surface area contributed by atoms with Crippen LogP contribution in [0.3, 0.4) is 0 Å². The average Bonchev–Trinajstić information content (AvgIpc) is 3.89. The maximum Gasteiger partial charge on any atom is 0.0588 e. The Morgan fingerprint density at radius 2 is 0.982 bits per heavy atom. The minimum absolute atomic E-state index is 0.142. The quantitative estimate of drug-likeness (QED) is 0.173. The second-order valence-corrected chi connectivity index (χ2v) is 14.8. The van der Waals surface area contributed by atoms with Gasteiger partial charge in [-0.3, -0.25) is 0 Å². The molecule has 0 spiro atoms. The SMILES string of the molecule is c1ccc(C2c3ccccc3-c3ccc4c5cc(-c6ccc7c(c6)c6ccccc6n7-c6cccc7ccccc67)ccc5n(-c5ccccc5)c4c32)cc1. The van der Waals surface area contributed by atoms with Crippen LogP contribution in [0.4, 0.5) is 0 Å². The maximum atomic E-state index is 2.51. The fraction of sp³-hybridized carbons (Fsp3) is 0.0189. The van der Waals surface area contributed by atoms with Crippen LogP contribution in [-0.4, -0.2) is 9.13 Å². The van der Waals surface area contributed by atoms with E-state index in [1.807, 2.05) is 0 Å². The number of aromatic nitrogens is 2. The third kappa shape index (κ3) is 4.37. The normalized spacial score (nSPS) is 13.6.